The third-order valence-electron chi connectivity index (χ3n) is 4.10. The van der Waals surface area contributed by atoms with Crippen molar-refractivity contribution in [1.82, 2.24) is 15.3 Å². The summed E-state index contributed by atoms with van der Waals surface area (Å²) in [6.45, 7) is 4.20. The summed E-state index contributed by atoms with van der Waals surface area (Å²) in [6, 6.07) is 2.36. The maximum absolute atomic E-state index is 12.3. The van der Waals surface area contributed by atoms with Crippen molar-refractivity contribution < 1.29 is 4.79 Å². The first-order valence-corrected chi connectivity index (χ1v) is 8.08. The van der Waals surface area contributed by atoms with Gasteiger partial charge in [0.2, 0.25) is 0 Å². The van der Waals surface area contributed by atoms with E-state index < -0.39 is 0 Å². The quantitative estimate of drug-likeness (QED) is 0.818. The van der Waals surface area contributed by atoms with Crippen molar-refractivity contribution in [1.29, 1.82) is 0 Å². The second-order valence-electron chi connectivity index (χ2n) is 5.90. The molecule has 1 heterocycles. The molecule has 0 radical (unpaired) electrons. The lowest BCUT2D eigenvalue weighted by Crippen LogP contribution is -2.35. The lowest BCUT2D eigenvalue weighted by Gasteiger charge is -2.16. The maximum atomic E-state index is 12.3. The number of hydrogen-bond acceptors (Lipinski definition) is 4. The number of carbonyl (C=O) groups is 1. The summed E-state index contributed by atoms with van der Waals surface area (Å²) in [5, 5.41) is 6.38. The van der Waals surface area contributed by atoms with Crippen molar-refractivity contribution in [3.05, 3.63) is 18.1 Å². The number of nitrogens with zero attached hydrogens (tertiary/aromatic N) is 2. The molecule has 116 valence electrons. The van der Waals surface area contributed by atoms with Gasteiger partial charge >= 0.3 is 0 Å². The molecule has 1 fully saturated rings. The minimum absolute atomic E-state index is 0.0866. The minimum Gasteiger partial charge on any atom is -0.368 e. The number of rotatable bonds is 5. The maximum Gasteiger partial charge on any atom is 0.270 e. The summed E-state index contributed by atoms with van der Waals surface area (Å²) in [5.74, 6) is 0.627. The van der Waals surface area contributed by atoms with Crippen molar-refractivity contribution in [2.24, 2.45) is 0 Å². The van der Waals surface area contributed by atoms with E-state index in [9.17, 15) is 4.79 Å². The highest BCUT2D eigenvalue weighted by Gasteiger charge is 2.17. The molecule has 0 aromatic carbocycles. The van der Waals surface area contributed by atoms with Crippen LogP contribution < -0.4 is 10.6 Å². The van der Waals surface area contributed by atoms with Gasteiger partial charge in [0.05, 0.1) is 0 Å². The molecule has 1 amide bonds. The lowest BCUT2D eigenvalue weighted by atomic mass is 10.1. The highest BCUT2D eigenvalue weighted by Crippen LogP contribution is 2.17. The van der Waals surface area contributed by atoms with Crippen LogP contribution in [0.3, 0.4) is 0 Å². The van der Waals surface area contributed by atoms with Crippen LogP contribution in [-0.4, -0.2) is 28.0 Å². The van der Waals surface area contributed by atoms with Crippen molar-refractivity contribution in [2.75, 3.05) is 5.32 Å². The van der Waals surface area contributed by atoms with Gasteiger partial charge in [0.1, 0.15) is 17.8 Å². The molecule has 21 heavy (non-hydrogen) atoms. The van der Waals surface area contributed by atoms with Crippen LogP contribution in [0, 0.1) is 0 Å². The second kappa shape index (κ2) is 7.96. The Morgan fingerprint density at radius 3 is 2.67 bits per heavy atom. The van der Waals surface area contributed by atoms with Gasteiger partial charge in [-0.15, -0.1) is 0 Å². The zero-order valence-electron chi connectivity index (χ0n) is 13.1. The van der Waals surface area contributed by atoms with E-state index in [4.69, 9.17) is 0 Å². The Morgan fingerprint density at radius 1 is 1.29 bits per heavy atom. The fraction of sp³-hybridized carbons (Fsp3) is 0.688. The standard InChI is InChI=1S/C16H26N4O/c1-3-12(2)19-15-10-14(17-11-18-15)16(21)20-13-8-6-4-5-7-9-13/h10-13H,3-9H2,1-2H3,(H,20,21)(H,17,18,19). The molecule has 1 unspecified atom stereocenters. The van der Waals surface area contributed by atoms with E-state index >= 15 is 0 Å². The number of hydrogen-bond donors (Lipinski definition) is 2. The zero-order valence-corrected chi connectivity index (χ0v) is 13.1. The van der Waals surface area contributed by atoms with Crippen LogP contribution >= 0.6 is 0 Å². The van der Waals surface area contributed by atoms with Crippen LogP contribution in [0.5, 0.6) is 0 Å². The minimum atomic E-state index is -0.0866. The first kappa shape index (κ1) is 15.7. The smallest absolute Gasteiger partial charge is 0.270 e. The van der Waals surface area contributed by atoms with Crippen molar-refractivity contribution >= 4 is 11.7 Å². The van der Waals surface area contributed by atoms with Gasteiger partial charge in [0.25, 0.3) is 5.91 Å². The summed E-state index contributed by atoms with van der Waals surface area (Å²) >= 11 is 0. The highest BCUT2D eigenvalue weighted by molar-refractivity contribution is 5.93. The van der Waals surface area contributed by atoms with E-state index in [1.165, 1.54) is 32.0 Å². The molecule has 1 atom stereocenters. The number of aromatic nitrogens is 2. The summed E-state index contributed by atoms with van der Waals surface area (Å²) in [5.41, 5.74) is 0.444. The fourth-order valence-electron chi connectivity index (χ4n) is 2.60. The Bertz CT molecular complexity index is 455. The van der Waals surface area contributed by atoms with Gasteiger partial charge < -0.3 is 10.6 Å². The molecule has 5 heteroatoms. The summed E-state index contributed by atoms with van der Waals surface area (Å²) < 4.78 is 0. The monoisotopic (exact) mass is 290 g/mol. The van der Waals surface area contributed by atoms with Gasteiger partial charge in [-0.2, -0.15) is 0 Å². The van der Waals surface area contributed by atoms with Crippen molar-refractivity contribution in [3.63, 3.8) is 0 Å². The van der Waals surface area contributed by atoms with Crippen molar-refractivity contribution in [3.8, 4) is 0 Å². The lowest BCUT2D eigenvalue weighted by molar-refractivity contribution is 0.0928. The summed E-state index contributed by atoms with van der Waals surface area (Å²) in [7, 11) is 0. The van der Waals surface area contributed by atoms with E-state index in [-0.39, 0.29) is 5.91 Å². The second-order valence-corrected chi connectivity index (χ2v) is 5.90. The Kier molecular flexibility index (Phi) is 5.96. The van der Waals surface area contributed by atoms with Gasteiger partial charge in [-0.25, -0.2) is 9.97 Å². The predicted molar refractivity (Wildman–Crippen MR) is 84.4 cm³/mol. The molecule has 1 aliphatic rings. The fourth-order valence-corrected chi connectivity index (χ4v) is 2.60. The van der Waals surface area contributed by atoms with Gasteiger partial charge in [-0.3, -0.25) is 4.79 Å². The zero-order chi connectivity index (χ0) is 15.1. The molecule has 0 saturated heterocycles. The van der Waals surface area contributed by atoms with Crippen LogP contribution in [0.4, 0.5) is 5.82 Å². The number of carbonyl (C=O) groups excluding carboxylic acids is 1. The van der Waals surface area contributed by atoms with E-state index in [1.54, 1.807) is 6.07 Å². The molecule has 1 aromatic rings. The molecule has 1 aromatic heterocycles. The Balaban J connectivity index is 1.96. The molecule has 2 N–H and O–H groups in total. The first-order chi connectivity index (χ1) is 10.2. The van der Waals surface area contributed by atoms with Crippen molar-refractivity contribution in [2.45, 2.75) is 70.9 Å². The van der Waals surface area contributed by atoms with Crippen LogP contribution in [0.1, 0.15) is 69.3 Å². The molecule has 1 saturated carbocycles. The highest BCUT2D eigenvalue weighted by atomic mass is 16.1. The number of anilines is 1. The van der Waals surface area contributed by atoms with Gasteiger partial charge in [-0.1, -0.05) is 32.6 Å². The van der Waals surface area contributed by atoms with Gasteiger partial charge in [-0.05, 0) is 26.2 Å². The van der Waals surface area contributed by atoms with E-state index in [1.807, 2.05) is 0 Å². The number of amides is 1. The normalized spacial score (nSPS) is 17.8. The molecular weight excluding hydrogens is 264 g/mol. The average Bonchev–Trinajstić information content (AvgIpc) is 2.76. The summed E-state index contributed by atoms with van der Waals surface area (Å²) in [4.78, 5) is 20.6. The molecule has 5 nitrogen and oxygen atoms in total. The number of nitrogens with one attached hydrogen (secondary N) is 2. The SMILES string of the molecule is CCC(C)Nc1cc(C(=O)NC2CCCCCC2)ncn1. The average molecular weight is 290 g/mol. The molecule has 1 aliphatic carbocycles. The van der Waals surface area contributed by atoms with E-state index in [2.05, 4.69) is 34.4 Å². The first-order valence-electron chi connectivity index (χ1n) is 8.08. The molecule has 2 rings (SSSR count). The topological polar surface area (TPSA) is 66.9 Å². The summed E-state index contributed by atoms with van der Waals surface area (Å²) in [6.07, 6.45) is 9.58. The van der Waals surface area contributed by atoms with Gasteiger partial charge in [0.15, 0.2) is 0 Å². The van der Waals surface area contributed by atoms with Crippen LogP contribution in [0.25, 0.3) is 0 Å². The Morgan fingerprint density at radius 2 is 2.00 bits per heavy atom. The Labute approximate surface area is 127 Å². The predicted octanol–water partition coefficient (Wildman–Crippen LogP) is 3.14. The third-order valence-corrected chi connectivity index (χ3v) is 4.10. The Hall–Kier alpha value is -1.65. The third kappa shape index (κ3) is 4.99. The van der Waals surface area contributed by atoms with Gasteiger partial charge in [0, 0.05) is 18.2 Å². The largest absolute Gasteiger partial charge is 0.368 e. The molecule has 0 aliphatic heterocycles. The van der Waals surface area contributed by atoms with E-state index in [0.717, 1.165) is 19.3 Å². The van der Waals surface area contributed by atoms with Crippen LogP contribution in [-0.2, 0) is 0 Å². The van der Waals surface area contributed by atoms with E-state index in [0.29, 0.717) is 23.6 Å². The molecular formula is C16H26N4O. The molecule has 0 bridgehead atoms. The molecule has 0 spiro atoms. The van der Waals surface area contributed by atoms with Crippen LogP contribution in [0.15, 0.2) is 12.4 Å². The van der Waals surface area contributed by atoms with Crippen LogP contribution in [0.2, 0.25) is 0 Å².